The van der Waals surface area contributed by atoms with Crippen LogP contribution in [0.25, 0.3) is 0 Å². The van der Waals surface area contributed by atoms with Gasteiger partial charge in [-0.15, -0.1) is 0 Å². The summed E-state index contributed by atoms with van der Waals surface area (Å²) < 4.78 is 5.13. The molecule has 0 aliphatic carbocycles. The zero-order valence-electron chi connectivity index (χ0n) is 11.3. The molecule has 1 aromatic rings. The summed E-state index contributed by atoms with van der Waals surface area (Å²) in [6.45, 7) is 2.03. The van der Waals surface area contributed by atoms with Crippen LogP contribution in [0.2, 0.25) is 0 Å². The molecule has 0 saturated carbocycles. The second kappa shape index (κ2) is 5.92. The summed E-state index contributed by atoms with van der Waals surface area (Å²) in [6, 6.07) is 0.334. The number of carbonyl (C=O) groups excluding carboxylic acids is 1. The molecule has 1 aromatic heterocycles. The zero-order valence-corrected chi connectivity index (χ0v) is 11.3. The van der Waals surface area contributed by atoms with Gasteiger partial charge in [0.2, 0.25) is 0 Å². The highest BCUT2D eigenvalue weighted by molar-refractivity contribution is 5.92. The molecule has 2 unspecified atom stereocenters. The lowest BCUT2D eigenvalue weighted by molar-refractivity contribution is -0.142. The smallest absolute Gasteiger partial charge is 0.326 e. The molecule has 9 heteroatoms. The van der Waals surface area contributed by atoms with Crippen molar-refractivity contribution in [2.45, 2.75) is 13.0 Å². The Kier molecular flexibility index (Phi) is 4.22. The molecule has 0 radical (unpaired) electrons. The lowest BCUT2D eigenvalue weighted by Gasteiger charge is -2.29. The van der Waals surface area contributed by atoms with Crippen molar-refractivity contribution in [2.24, 2.45) is 5.92 Å². The maximum absolute atomic E-state index is 12.4. The molecule has 1 aliphatic heterocycles. The fourth-order valence-electron chi connectivity index (χ4n) is 2.35. The summed E-state index contributed by atoms with van der Waals surface area (Å²) in [5.74, 6) is -2.49. The van der Waals surface area contributed by atoms with E-state index in [1.54, 1.807) is 6.92 Å². The number of aromatic nitrogens is 2. The van der Waals surface area contributed by atoms with E-state index in [1.165, 1.54) is 4.90 Å². The minimum absolute atomic E-state index is 0.0235. The molecule has 1 amide bonds. The summed E-state index contributed by atoms with van der Waals surface area (Å²) in [7, 11) is 0. The largest absolute Gasteiger partial charge is 0.481 e. The lowest BCUT2D eigenvalue weighted by Crippen LogP contribution is -2.47. The molecule has 21 heavy (non-hydrogen) atoms. The third-order valence-corrected chi connectivity index (χ3v) is 3.36. The lowest BCUT2D eigenvalue weighted by atomic mass is 10.0. The Morgan fingerprint density at radius 1 is 1.38 bits per heavy atom. The fraction of sp³-hybridized carbons (Fsp3) is 0.500. The van der Waals surface area contributed by atoms with E-state index in [-0.39, 0.29) is 25.5 Å². The van der Waals surface area contributed by atoms with Crippen LogP contribution in [0.4, 0.5) is 0 Å². The van der Waals surface area contributed by atoms with Crippen molar-refractivity contribution >= 4 is 11.9 Å². The first kappa shape index (κ1) is 15.0. The van der Waals surface area contributed by atoms with Gasteiger partial charge in [-0.2, -0.15) is 0 Å². The van der Waals surface area contributed by atoms with E-state index in [1.807, 2.05) is 4.98 Å². The number of rotatable bonds is 4. The molecular formula is C12H15N3O6. The number of likely N-dealkylation sites (N-methyl/N-ethyl adjacent to an activating group) is 1. The predicted octanol–water partition coefficient (Wildman–Crippen LogP) is -1.38. The number of H-pyrrole nitrogens is 2. The normalized spacial score (nSPS) is 21.2. The van der Waals surface area contributed by atoms with Crippen molar-refractivity contribution in [3.8, 4) is 0 Å². The molecule has 2 heterocycles. The number of aliphatic carboxylic acids is 1. The summed E-state index contributed by atoms with van der Waals surface area (Å²) in [4.78, 5) is 51.5. The van der Waals surface area contributed by atoms with Crippen LogP contribution in [-0.4, -0.2) is 57.7 Å². The van der Waals surface area contributed by atoms with Gasteiger partial charge in [-0.1, -0.05) is 0 Å². The maximum Gasteiger partial charge on any atom is 0.326 e. The van der Waals surface area contributed by atoms with E-state index in [0.717, 1.165) is 6.07 Å². The van der Waals surface area contributed by atoms with Gasteiger partial charge in [0.1, 0.15) is 11.6 Å². The average molecular weight is 297 g/mol. The molecule has 0 spiro atoms. The minimum atomic E-state index is -1.05. The van der Waals surface area contributed by atoms with Crippen LogP contribution >= 0.6 is 0 Å². The number of amides is 1. The zero-order chi connectivity index (χ0) is 15.6. The van der Waals surface area contributed by atoms with Gasteiger partial charge in [-0.25, -0.2) is 4.79 Å². The third kappa shape index (κ3) is 3.02. The standard InChI is InChI=1S/C12H15N3O6/c1-2-15(8-5-21-4-6(8)11(18)19)10(17)7-3-9(16)14-12(20)13-7/h3,6,8H,2,4-5H2,1H3,(H,18,19)(H2,13,14,16,20). The summed E-state index contributed by atoms with van der Waals surface area (Å²) in [6.07, 6.45) is 0. The topological polar surface area (TPSA) is 133 Å². The van der Waals surface area contributed by atoms with Crippen molar-refractivity contribution in [3.05, 3.63) is 32.6 Å². The predicted molar refractivity (Wildman–Crippen MR) is 70.1 cm³/mol. The van der Waals surface area contributed by atoms with E-state index in [9.17, 15) is 19.2 Å². The Balaban J connectivity index is 2.32. The fourth-order valence-corrected chi connectivity index (χ4v) is 2.35. The van der Waals surface area contributed by atoms with Crippen LogP contribution in [0.5, 0.6) is 0 Å². The van der Waals surface area contributed by atoms with Crippen LogP contribution in [0.15, 0.2) is 15.7 Å². The van der Waals surface area contributed by atoms with Gasteiger partial charge in [-0.3, -0.25) is 19.4 Å². The van der Waals surface area contributed by atoms with Gasteiger partial charge in [0.25, 0.3) is 11.5 Å². The first-order chi connectivity index (χ1) is 9.93. The summed E-state index contributed by atoms with van der Waals surface area (Å²) in [5, 5.41) is 9.14. The van der Waals surface area contributed by atoms with Gasteiger partial charge in [0, 0.05) is 12.6 Å². The second-order valence-electron chi connectivity index (χ2n) is 4.64. The molecule has 0 aromatic carbocycles. The second-order valence-corrected chi connectivity index (χ2v) is 4.64. The highest BCUT2D eigenvalue weighted by Crippen LogP contribution is 2.21. The van der Waals surface area contributed by atoms with E-state index >= 15 is 0 Å². The molecule has 1 saturated heterocycles. The number of hydrogen-bond donors (Lipinski definition) is 3. The van der Waals surface area contributed by atoms with Gasteiger partial charge >= 0.3 is 11.7 Å². The number of aromatic amines is 2. The van der Waals surface area contributed by atoms with Crippen molar-refractivity contribution in [2.75, 3.05) is 19.8 Å². The first-order valence-corrected chi connectivity index (χ1v) is 6.39. The summed E-state index contributed by atoms with van der Waals surface area (Å²) >= 11 is 0. The number of carboxylic acids is 1. The van der Waals surface area contributed by atoms with Crippen LogP contribution in [0, 0.1) is 5.92 Å². The Morgan fingerprint density at radius 3 is 2.67 bits per heavy atom. The molecule has 0 bridgehead atoms. The van der Waals surface area contributed by atoms with E-state index in [4.69, 9.17) is 9.84 Å². The quantitative estimate of drug-likeness (QED) is 0.627. The van der Waals surface area contributed by atoms with Crippen molar-refractivity contribution < 1.29 is 19.4 Å². The van der Waals surface area contributed by atoms with Gasteiger partial charge in [0.05, 0.1) is 19.3 Å². The Morgan fingerprint density at radius 2 is 2.10 bits per heavy atom. The maximum atomic E-state index is 12.4. The molecule has 1 aliphatic rings. The van der Waals surface area contributed by atoms with Crippen molar-refractivity contribution in [1.82, 2.24) is 14.9 Å². The van der Waals surface area contributed by atoms with Crippen LogP contribution in [0.3, 0.4) is 0 Å². The van der Waals surface area contributed by atoms with E-state index in [2.05, 4.69) is 4.98 Å². The van der Waals surface area contributed by atoms with Crippen LogP contribution in [-0.2, 0) is 9.53 Å². The first-order valence-electron chi connectivity index (χ1n) is 6.39. The number of hydrogen-bond acceptors (Lipinski definition) is 5. The molecular weight excluding hydrogens is 282 g/mol. The van der Waals surface area contributed by atoms with Gasteiger partial charge in [0.15, 0.2) is 0 Å². The average Bonchev–Trinajstić information content (AvgIpc) is 2.87. The molecule has 3 N–H and O–H groups in total. The molecule has 9 nitrogen and oxygen atoms in total. The molecule has 2 atom stereocenters. The number of carboxylic acid groups (broad SMARTS) is 1. The number of nitrogens with one attached hydrogen (secondary N) is 2. The number of carbonyl (C=O) groups is 2. The number of nitrogens with zero attached hydrogens (tertiary/aromatic N) is 1. The molecule has 1 fully saturated rings. The Hall–Kier alpha value is -2.42. The van der Waals surface area contributed by atoms with Crippen LogP contribution < -0.4 is 11.2 Å². The summed E-state index contributed by atoms with van der Waals surface area (Å²) in [5.41, 5.74) is -1.67. The minimum Gasteiger partial charge on any atom is -0.481 e. The third-order valence-electron chi connectivity index (χ3n) is 3.36. The van der Waals surface area contributed by atoms with E-state index in [0.29, 0.717) is 0 Å². The highest BCUT2D eigenvalue weighted by atomic mass is 16.5. The Labute approximate surface area is 118 Å². The van der Waals surface area contributed by atoms with Gasteiger partial charge in [-0.05, 0) is 6.92 Å². The van der Waals surface area contributed by atoms with Crippen molar-refractivity contribution in [3.63, 3.8) is 0 Å². The van der Waals surface area contributed by atoms with Gasteiger partial charge < -0.3 is 19.7 Å². The highest BCUT2D eigenvalue weighted by Gasteiger charge is 2.39. The number of ether oxygens (including phenoxy) is 1. The monoisotopic (exact) mass is 297 g/mol. The molecule has 2 rings (SSSR count). The van der Waals surface area contributed by atoms with Crippen LogP contribution in [0.1, 0.15) is 17.4 Å². The SMILES string of the molecule is CCN(C(=O)c1cc(=O)[nH]c(=O)[nH]1)C1COCC1C(=O)O. The molecule has 114 valence electrons. The van der Waals surface area contributed by atoms with E-state index < -0.39 is 35.1 Å². The Bertz CT molecular complexity index is 635. The van der Waals surface area contributed by atoms with Crippen molar-refractivity contribution in [1.29, 1.82) is 0 Å².